The van der Waals surface area contributed by atoms with E-state index >= 15 is 0 Å². The van der Waals surface area contributed by atoms with Crippen LogP contribution < -0.4 is 14.2 Å². The number of benzene rings is 2. The molecule has 2 aromatic carbocycles. The number of methoxy groups -OCH3 is 2. The molecular weight excluding hydrogens is 282 g/mol. The summed E-state index contributed by atoms with van der Waals surface area (Å²) in [6.45, 7) is 0.457. The zero-order valence-electron chi connectivity index (χ0n) is 12.9. The van der Waals surface area contributed by atoms with Crippen LogP contribution in [-0.4, -0.2) is 32.3 Å². The fourth-order valence-electron chi connectivity index (χ4n) is 1.89. The van der Waals surface area contributed by atoms with Gasteiger partial charge in [0.25, 0.3) is 0 Å². The molecule has 2 rings (SSSR count). The first-order valence-electron chi connectivity index (χ1n) is 6.82. The van der Waals surface area contributed by atoms with Crippen molar-refractivity contribution in [3.63, 3.8) is 0 Å². The predicted molar refractivity (Wildman–Crippen MR) is 83.5 cm³/mol. The van der Waals surface area contributed by atoms with E-state index in [4.69, 9.17) is 14.2 Å². The third-order valence-electron chi connectivity index (χ3n) is 3.16. The van der Waals surface area contributed by atoms with Crippen LogP contribution in [0.2, 0.25) is 0 Å². The normalized spacial score (nSPS) is 9.95. The number of rotatable bonds is 5. The van der Waals surface area contributed by atoms with Gasteiger partial charge in [0.15, 0.2) is 0 Å². The Balaban J connectivity index is 1.92. The molecule has 0 radical (unpaired) electrons. The van der Waals surface area contributed by atoms with Gasteiger partial charge in [-0.1, -0.05) is 12.1 Å². The van der Waals surface area contributed by atoms with E-state index in [1.807, 2.05) is 24.3 Å². The van der Waals surface area contributed by atoms with Gasteiger partial charge in [-0.25, -0.2) is 4.79 Å². The van der Waals surface area contributed by atoms with Crippen molar-refractivity contribution in [2.45, 2.75) is 6.54 Å². The third kappa shape index (κ3) is 4.15. The summed E-state index contributed by atoms with van der Waals surface area (Å²) in [6.07, 6.45) is -0.416. The molecule has 0 fully saturated rings. The molecule has 0 unspecified atom stereocenters. The number of amides is 1. The van der Waals surface area contributed by atoms with Crippen LogP contribution >= 0.6 is 0 Å². The third-order valence-corrected chi connectivity index (χ3v) is 3.16. The highest BCUT2D eigenvalue weighted by Gasteiger charge is 2.12. The average molecular weight is 301 g/mol. The lowest BCUT2D eigenvalue weighted by Crippen LogP contribution is -2.29. The van der Waals surface area contributed by atoms with E-state index in [1.165, 1.54) is 4.90 Å². The van der Waals surface area contributed by atoms with Crippen LogP contribution in [0, 0.1) is 0 Å². The Morgan fingerprint density at radius 2 is 1.32 bits per heavy atom. The van der Waals surface area contributed by atoms with Gasteiger partial charge in [-0.2, -0.15) is 0 Å². The number of carbonyl (C=O) groups is 1. The number of hydrogen-bond donors (Lipinski definition) is 0. The van der Waals surface area contributed by atoms with Crippen molar-refractivity contribution < 1.29 is 19.0 Å². The lowest BCUT2D eigenvalue weighted by Gasteiger charge is -2.17. The van der Waals surface area contributed by atoms with Crippen LogP contribution in [0.3, 0.4) is 0 Å². The maximum Gasteiger partial charge on any atom is 0.415 e. The highest BCUT2D eigenvalue weighted by molar-refractivity contribution is 5.70. The molecule has 0 aliphatic carbocycles. The summed E-state index contributed by atoms with van der Waals surface area (Å²) in [7, 11) is 4.90. The SMILES string of the molecule is COc1ccc(CN(C)C(=O)Oc2ccc(OC)cc2)cc1. The number of nitrogens with zero attached hydrogens (tertiary/aromatic N) is 1. The van der Waals surface area contributed by atoms with E-state index in [0.29, 0.717) is 18.0 Å². The molecule has 0 bridgehead atoms. The summed E-state index contributed by atoms with van der Waals surface area (Å²) in [4.78, 5) is 13.5. The van der Waals surface area contributed by atoms with Gasteiger partial charge in [0, 0.05) is 13.6 Å². The monoisotopic (exact) mass is 301 g/mol. The standard InChI is InChI=1S/C17H19NO4/c1-18(12-13-4-6-14(20-2)7-5-13)17(19)22-16-10-8-15(21-3)9-11-16/h4-11H,12H2,1-3H3. The van der Waals surface area contributed by atoms with E-state index in [0.717, 1.165) is 11.3 Å². The van der Waals surface area contributed by atoms with Crippen molar-refractivity contribution >= 4 is 6.09 Å². The number of hydrogen-bond acceptors (Lipinski definition) is 4. The van der Waals surface area contributed by atoms with Gasteiger partial charge in [0.1, 0.15) is 17.2 Å². The zero-order chi connectivity index (χ0) is 15.9. The first-order chi connectivity index (χ1) is 10.6. The van der Waals surface area contributed by atoms with Gasteiger partial charge >= 0.3 is 6.09 Å². The summed E-state index contributed by atoms with van der Waals surface area (Å²) in [5, 5.41) is 0. The van der Waals surface area contributed by atoms with Gasteiger partial charge < -0.3 is 19.1 Å². The molecule has 22 heavy (non-hydrogen) atoms. The summed E-state index contributed by atoms with van der Waals surface area (Å²) in [5.74, 6) is 1.98. The predicted octanol–water partition coefficient (Wildman–Crippen LogP) is 3.33. The fourth-order valence-corrected chi connectivity index (χ4v) is 1.89. The molecule has 0 spiro atoms. The minimum atomic E-state index is -0.416. The Labute approximate surface area is 130 Å². The second kappa shape index (κ2) is 7.36. The Morgan fingerprint density at radius 3 is 1.82 bits per heavy atom. The number of carbonyl (C=O) groups excluding carboxylic acids is 1. The Bertz CT molecular complexity index is 608. The first kappa shape index (κ1) is 15.7. The second-order valence-electron chi connectivity index (χ2n) is 4.75. The molecular formula is C17H19NO4. The van der Waals surface area contributed by atoms with Crippen molar-refractivity contribution in [2.24, 2.45) is 0 Å². The molecule has 0 saturated heterocycles. The van der Waals surface area contributed by atoms with Crippen molar-refractivity contribution in [2.75, 3.05) is 21.3 Å². The van der Waals surface area contributed by atoms with E-state index in [2.05, 4.69) is 0 Å². The molecule has 0 aliphatic heterocycles. The lowest BCUT2D eigenvalue weighted by atomic mass is 10.2. The highest BCUT2D eigenvalue weighted by atomic mass is 16.6. The molecule has 2 aromatic rings. The average Bonchev–Trinajstić information content (AvgIpc) is 2.56. The largest absolute Gasteiger partial charge is 0.497 e. The maximum atomic E-state index is 12.0. The second-order valence-corrected chi connectivity index (χ2v) is 4.75. The first-order valence-corrected chi connectivity index (χ1v) is 6.82. The minimum absolute atomic E-state index is 0.416. The van der Waals surface area contributed by atoms with E-state index in [1.54, 1.807) is 45.5 Å². The molecule has 0 saturated carbocycles. The molecule has 116 valence electrons. The summed E-state index contributed by atoms with van der Waals surface area (Å²) in [5.41, 5.74) is 0.995. The Morgan fingerprint density at radius 1 is 0.864 bits per heavy atom. The summed E-state index contributed by atoms with van der Waals surface area (Å²) in [6, 6.07) is 14.4. The van der Waals surface area contributed by atoms with Gasteiger partial charge in [-0.3, -0.25) is 0 Å². The van der Waals surface area contributed by atoms with Crippen molar-refractivity contribution in [3.05, 3.63) is 54.1 Å². The van der Waals surface area contributed by atoms with E-state index in [-0.39, 0.29) is 0 Å². The van der Waals surface area contributed by atoms with Crippen LogP contribution in [-0.2, 0) is 6.54 Å². The van der Waals surface area contributed by atoms with E-state index in [9.17, 15) is 4.79 Å². The minimum Gasteiger partial charge on any atom is -0.497 e. The molecule has 5 heteroatoms. The lowest BCUT2D eigenvalue weighted by molar-refractivity contribution is 0.160. The van der Waals surface area contributed by atoms with Gasteiger partial charge in [0.2, 0.25) is 0 Å². The van der Waals surface area contributed by atoms with Crippen molar-refractivity contribution in [3.8, 4) is 17.2 Å². The van der Waals surface area contributed by atoms with Crippen LogP contribution in [0.15, 0.2) is 48.5 Å². The molecule has 0 aromatic heterocycles. The van der Waals surface area contributed by atoms with Crippen molar-refractivity contribution in [1.82, 2.24) is 4.90 Å². The molecule has 0 N–H and O–H groups in total. The number of ether oxygens (including phenoxy) is 3. The van der Waals surface area contributed by atoms with Crippen LogP contribution in [0.25, 0.3) is 0 Å². The summed E-state index contributed by atoms with van der Waals surface area (Å²) >= 11 is 0. The van der Waals surface area contributed by atoms with Crippen molar-refractivity contribution in [1.29, 1.82) is 0 Å². The quantitative estimate of drug-likeness (QED) is 0.850. The smallest absolute Gasteiger partial charge is 0.415 e. The molecule has 0 atom stereocenters. The molecule has 0 heterocycles. The van der Waals surface area contributed by atoms with E-state index < -0.39 is 6.09 Å². The van der Waals surface area contributed by atoms with Gasteiger partial charge in [-0.15, -0.1) is 0 Å². The highest BCUT2D eigenvalue weighted by Crippen LogP contribution is 2.18. The topological polar surface area (TPSA) is 48.0 Å². The fraction of sp³-hybridized carbons (Fsp3) is 0.235. The molecule has 1 amide bonds. The Kier molecular flexibility index (Phi) is 5.25. The summed E-state index contributed by atoms with van der Waals surface area (Å²) < 4.78 is 15.5. The Hall–Kier alpha value is -2.69. The van der Waals surface area contributed by atoms with Crippen LogP contribution in [0.4, 0.5) is 4.79 Å². The van der Waals surface area contributed by atoms with Crippen LogP contribution in [0.1, 0.15) is 5.56 Å². The molecule has 0 aliphatic rings. The molecule has 5 nitrogen and oxygen atoms in total. The maximum absolute atomic E-state index is 12.0. The zero-order valence-corrected chi connectivity index (χ0v) is 12.9. The van der Waals surface area contributed by atoms with Gasteiger partial charge in [-0.05, 0) is 42.0 Å². The van der Waals surface area contributed by atoms with Crippen LogP contribution in [0.5, 0.6) is 17.2 Å². The van der Waals surface area contributed by atoms with Gasteiger partial charge in [0.05, 0.1) is 14.2 Å².